The van der Waals surface area contributed by atoms with Crippen LogP contribution < -0.4 is 10.5 Å². The highest BCUT2D eigenvalue weighted by atomic mass is 16.6. The fourth-order valence-electron chi connectivity index (χ4n) is 4.47. The zero-order valence-corrected chi connectivity index (χ0v) is 15.9. The number of aryl methyl sites for hydroxylation is 1. The fraction of sp³-hybridized carbons (Fsp3) is 0.474. The Balaban J connectivity index is 1.65. The van der Waals surface area contributed by atoms with Crippen molar-refractivity contribution in [3.8, 4) is 0 Å². The minimum absolute atomic E-state index is 0.125. The van der Waals surface area contributed by atoms with Gasteiger partial charge in [-0.1, -0.05) is 12.5 Å². The van der Waals surface area contributed by atoms with E-state index in [2.05, 4.69) is 19.7 Å². The van der Waals surface area contributed by atoms with Crippen molar-refractivity contribution in [3.63, 3.8) is 0 Å². The predicted molar refractivity (Wildman–Crippen MR) is 105 cm³/mol. The zero-order valence-electron chi connectivity index (χ0n) is 15.9. The molecule has 1 fully saturated rings. The van der Waals surface area contributed by atoms with E-state index in [1.807, 2.05) is 4.90 Å². The summed E-state index contributed by atoms with van der Waals surface area (Å²) >= 11 is 0. The van der Waals surface area contributed by atoms with E-state index in [4.69, 9.17) is 0 Å². The smallest absolute Gasteiger partial charge is 0.340 e. The molecule has 5 heterocycles. The van der Waals surface area contributed by atoms with Gasteiger partial charge in [-0.25, -0.2) is 4.98 Å². The van der Waals surface area contributed by atoms with Crippen LogP contribution in [-0.2, 0) is 13.0 Å². The maximum absolute atomic E-state index is 12.8. The van der Waals surface area contributed by atoms with Crippen LogP contribution in [0, 0.1) is 10.1 Å². The quantitative estimate of drug-likeness (QED) is 0.494. The van der Waals surface area contributed by atoms with E-state index in [9.17, 15) is 14.9 Å². The summed E-state index contributed by atoms with van der Waals surface area (Å²) in [6.45, 7) is 1.45. The predicted octanol–water partition coefficient (Wildman–Crippen LogP) is 2.26. The van der Waals surface area contributed by atoms with Gasteiger partial charge >= 0.3 is 11.2 Å². The summed E-state index contributed by atoms with van der Waals surface area (Å²) in [5, 5.41) is 20.6. The largest absolute Gasteiger partial charge is 0.376 e. The topological polar surface area (TPSA) is 111 Å². The Labute approximate surface area is 166 Å². The number of aromatic nitrogens is 5. The molecular formula is C19H21N7O3. The molecule has 0 aliphatic carbocycles. The van der Waals surface area contributed by atoms with Gasteiger partial charge in [0, 0.05) is 25.7 Å². The first kappa shape index (κ1) is 17.8. The van der Waals surface area contributed by atoms with Gasteiger partial charge in [-0.05, 0) is 37.8 Å². The number of fused-ring (bicyclic) bond motifs is 2. The van der Waals surface area contributed by atoms with Crippen LogP contribution in [0.15, 0.2) is 29.2 Å². The Morgan fingerprint density at radius 2 is 2.00 bits per heavy atom. The molecule has 1 atom stereocenters. The van der Waals surface area contributed by atoms with E-state index < -0.39 is 16.2 Å². The fourth-order valence-corrected chi connectivity index (χ4v) is 4.47. The van der Waals surface area contributed by atoms with E-state index >= 15 is 0 Å². The molecule has 1 unspecified atom stereocenters. The highest BCUT2D eigenvalue weighted by Gasteiger charge is 2.37. The summed E-state index contributed by atoms with van der Waals surface area (Å²) in [5.41, 5.74) is -0.763. The van der Waals surface area contributed by atoms with Crippen LogP contribution in [0.5, 0.6) is 0 Å². The van der Waals surface area contributed by atoms with Gasteiger partial charge in [0.05, 0.1) is 11.0 Å². The Bertz CT molecular complexity index is 1150. The second-order valence-electron chi connectivity index (χ2n) is 7.56. The Morgan fingerprint density at radius 1 is 1.10 bits per heavy atom. The van der Waals surface area contributed by atoms with Crippen LogP contribution in [0.3, 0.4) is 0 Å². The molecule has 0 spiro atoms. The summed E-state index contributed by atoms with van der Waals surface area (Å²) in [6, 6.07) is 4.93. The molecule has 29 heavy (non-hydrogen) atoms. The SMILES string of the molecule is O=c1c([N+](=O)[O-])c(N2CCCC2c2nnc3n2CCCCC3)nc2ccccn12. The minimum atomic E-state index is -0.665. The van der Waals surface area contributed by atoms with Gasteiger partial charge in [0.25, 0.3) is 0 Å². The van der Waals surface area contributed by atoms with Crippen molar-refractivity contribution < 1.29 is 4.92 Å². The number of pyridine rings is 1. The van der Waals surface area contributed by atoms with Crippen LogP contribution >= 0.6 is 0 Å². The molecule has 0 aromatic carbocycles. The van der Waals surface area contributed by atoms with Crippen LogP contribution in [0.4, 0.5) is 11.5 Å². The lowest BCUT2D eigenvalue weighted by atomic mass is 10.2. The molecular weight excluding hydrogens is 374 g/mol. The van der Waals surface area contributed by atoms with Crippen molar-refractivity contribution in [2.75, 3.05) is 11.4 Å². The van der Waals surface area contributed by atoms with Crippen molar-refractivity contribution >= 4 is 17.2 Å². The molecule has 150 valence electrons. The van der Waals surface area contributed by atoms with Gasteiger partial charge in [0.1, 0.15) is 11.5 Å². The Morgan fingerprint density at radius 3 is 2.86 bits per heavy atom. The van der Waals surface area contributed by atoms with Gasteiger partial charge < -0.3 is 9.47 Å². The summed E-state index contributed by atoms with van der Waals surface area (Å²) in [4.78, 5) is 30.4. The third-order valence-corrected chi connectivity index (χ3v) is 5.84. The zero-order chi connectivity index (χ0) is 20.0. The van der Waals surface area contributed by atoms with E-state index in [0.717, 1.165) is 56.7 Å². The van der Waals surface area contributed by atoms with Crippen molar-refractivity contribution in [1.29, 1.82) is 0 Å². The van der Waals surface area contributed by atoms with Crippen molar-refractivity contribution in [1.82, 2.24) is 24.1 Å². The highest BCUT2D eigenvalue weighted by Crippen LogP contribution is 2.38. The minimum Gasteiger partial charge on any atom is -0.340 e. The average molecular weight is 395 g/mol. The van der Waals surface area contributed by atoms with Crippen molar-refractivity contribution in [2.45, 2.75) is 51.1 Å². The van der Waals surface area contributed by atoms with E-state index in [0.29, 0.717) is 12.2 Å². The van der Waals surface area contributed by atoms with Gasteiger partial charge in [-0.2, -0.15) is 0 Å². The molecule has 10 heteroatoms. The van der Waals surface area contributed by atoms with Gasteiger partial charge in [0.2, 0.25) is 5.82 Å². The van der Waals surface area contributed by atoms with Crippen LogP contribution in [-0.4, -0.2) is 35.6 Å². The molecule has 0 N–H and O–H groups in total. The summed E-state index contributed by atoms with van der Waals surface area (Å²) < 4.78 is 3.38. The first-order valence-electron chi connectivity index (χ1n) is 9.99. The molecule has 0 amide bonds. The third kappa shape index (κ3) is 2.86. The normalized spacial score (nSPS) is 19.3. The molecule has 2 aliphatic rings. The number of hydrogen-bond donors (Lipinski definition) is 0. The molecule has 1 saturated heterocycles. The maximum atomic E-state index is 12.8. The molecule has 3 aromatic heterocycles. The number of hydrogen-bond acceptors (Lipinski definition) is 7. The van der Waals surface area contributed by atoms with E-state index in [-0.39, 0.29) is 11.9 Å². The second-order valence-corrected chi connectivity index (χ2v) is 7.56. The number of nitro groups is 1. The lowest BCUT2D eigenvalue weighted by Gasteiger charge is -2.25. The van der Waals surface area contributed by atoms with Crippen molar-refractivity contribution in [2.24, 2.45) is 0 Å². The van der Waals surface area contributed by atoms with E-state index in [1.165, 1.54) is 10.6 Å². The first-order chi connectivity index (χ1) is 14.1. The number of rotatable bonds is 3. The molecule has 3 aromatic rings. The lowest BCUT2D eigenvalue weighted by molar-refractivity contribution is -0.385. The summed E-state index contributed by atoms with van der Waals surface area (Å²) in [7, 11) is 0. The summed E-state index contributed by atoms with van der Waals surface area (Å²) in [5.74, 6) is 1.92. The molecule has 0 bridgehead atoms. The monoisotopic (exact) mass is 395 g/mol. The average Bonchev–Trinajstić information content (AvgIpc) is 3.28. The second kappa shape index (κ2) is 6.94. The van der Waals surface area contributed by atoms with Crippen LogP contribution in [0.25, 0.3) is 5.65 Å². The first-order valence-corrected chi connectivity index (χ1v) is 9.99. The van der Waals surface area contributed by atoms with Crippen LogP contribution in [0.2, 0.25) is 0 Å². The third-order valence-electron chi connectivity index (χ3n) is 5.84. The number of nitrogens with zero attached hydrogens (tertiary/aromatic N) is 7. The molecule has 10 nitrogen and oxygen atoms in total. The molecule has 5 rings (SSSR count). The lowest BCUT2D eigenvalue weighted by Crippen LogP contribution is -2.30. The van der Waals surface area contributed by atoms with Gasteiger partial charge in [0.15, 0.2) is 5.82 Å². The Hall–Kier alpha value is -3.30. The molecule has 2 aliphatic heterocycles. The molecule has 0 radical (unpaired) electrons. The van der Waals surface area contributed by atoms with Crippen molar-refractivity contribution in [3.05, 3.63) is 56.5 Å². The van der Waals surface area contributed by atoms with Gasteiger partial charge in [-0.3, -0.25) is 19.3 Å². The highest BCUT2D eigenvalue weighted by molar-refractivity contribution is 5.62. The molecule has 0 saturated carbocycles. The number of anilines is 1. The van der Waals surface area contributed by atoms with E-state index in [1.54, 1.807) is 18.2 Å². The van der Waals surface area contributed by atoms with Crippen LogP contribution in [0.1, 0.15) is 49.8 Å². The summed E-state index contributed by atoms with van der Waals surface area (Å²) in [6.07, 6.45) is 7.37. The Kier molecular flexibility index (Phi) is 4.26. The standard InChI is InChI=1S/C19H21N7O3/c27-19-16(26(28)29)18(20-14-8-3-5-11-25(14)19)23-12-6-7-13(23)17-22-21-15-9-2-1-4-10-24(15)17/h3,5,8,11,13H,1-2,4,6-7,9-10,12H2. The van der Waals surface area contributed by atoms with Gasteiger partial charge in [-0.15, -0.1) is 10.2 Å². The maximum Gasteiger partial charge on any atom is 0.376 e.